The molecule has 0 aromatic heterocycles. The van der Waals surface area contributed by atoms with Crippen LogP contribution in [0.15, 0.2) is 42.5 Å². The average Bonchev–Trinajstić information content (AvgIpc) is 2.87. The fourth-order valence-corrected chi connectivity index (χ4v) is 4.43. The molecule has 1 heterocycles. The van der Waals surface area contributed by atoms with Gasteiger partial charge in [0.05, 0.1) is 13.2 Å². The first-order valence-corrected chi connectivity index (χ1v) is 13.4. The molecule has 1 aliphatic heterocycles. The van der Waals surface area contributed by atoms with Gasteiger partial charge in [-0.25, -0.2) is 4.39 Å². The van der Waals surface area contributed by atoms with E-state index in [1.54, 1.807) is 12.1 Å². The van der Waals surface area contributed by atoms with Crippen molar-refractivity contribution in [1.82, 2.24) is 15.5 Å². The van der Waals surface area contributed by atoms with Gasteiger partial charge in [-0.15, -0.1) is 0 Å². The van der Waals surface area contributed by atoms with E-state index in [1.807, 2.05) is 32.0 Å². The quantitative estimate of drug-likeness (QED) is 0.545. The van der Waals surface area contributed by atoms with Crippen molar-refractivity contribution >= 4 is 11.8 Å². The second-order valence-corrected chi connectivity index (χ2v) is 11.0. The minimum atomic E-state index is -0.381. The minimum absolute atomic E-state index is 0.00783. The molecule has 0 radical (unpaired) electrons. The van der Waals surface area contributed by atoms with E-state index >= 15 is 0 Å². The van der Waals surface area contributed by atoms with Gasteiger partial charge in [-0.05, 0) is 68.0 Å². The van der Waals surface area contributed by atoms with E-state index in [-0.39, 0.29) is 29.6 Å². The van der Waals surface area contributed by atoms with Crippen LogP contribution in [0.4, 0.5) is 4.39 Å². The third-order valence-corrected chi connectivity index (χ3v) is 6.87. The Morgan fingerprint density at radius 2 is 1.86 bits per heavy atom. The summed E-state index contributed by atoms with van der Waals surface area (Å²) < 4.78 is 19.6. The lowest BCUT2D eigenvalue weighted by Gasteiger charge is -2.27. The Kier molecular flexibility index (Phi) is 10.5. The van der Waals surface area contributed by atoms with Crippen molar-refractivity contribution in [2.24, 2.45) is 5.92 Å². The topological polar surface area (TPSA) is 70.7 Å². The van der Waals surface area contributed by atoms with E-state index < -0.39 is 0 Å². The molecule has 3 rings (SSSR count). The van der Waals surface area contributed by atoms with Crippen molar-refractivity contribution in [1.29, 1.82) is 0 Å². The standard InChI is InChI=1S/C30H42FN3O3/c1-22(2)15-17-34-19-26-25(29(36)33-21-30(3,4)23-11-13-24(31)14-12-23)9-8-10-27(26)37-18-7-5-6-16-32-28(35)20-34/h8-14,22H,5-7,15-21H2,1-4H3,(H,32,35)(H,33,36). The molecular weight excluding hydrogens is 469 g/mol. The summed E-state index contributed by atoms with van der Waals surface area (Å²) in [5, 5.41) is 6.12. The number of hydrogen-bond donors (Lipinski definition) is 2. The maximum Gasteiger partial charge on any atom is 0.251 e. The summed E-state index contributed by atoms with van der Waals surface area (Å²) in [6.07, 6.45) is 3.71. The van der Waals surface area contributed by atoms with Gasteiger partial charge in [-0.2, -0.15) is 0 Å². The Hall–Kier alpha value is -2.93. The van der Waals surface area contributed by atoms with Crippen LogP contribution in [-0.4, -0.2) is 49.5 Å². The summed E-state index contributed by atoms with van der Waals surface area (Å²) in [6.45, 7) is 11.5. The van der Waals surface area contributed by atoms with Crippen LogP contribution in [0.3, 0.4) is 0 Å². The smallest absolute Gasteiger partial charge is 0.251 e. The molecule has 202 valence electrons. The van der Waals surface area contributed by atoms with Gasteiger partial charge in [0.1, 0.15) is 11.6 Å². The number of nitrogens with one attached hydrogen (secondary N) is 2. The molecule has 7 heteroatoms. The highest BCUT2D eigenvalue weighted by atomic mass is 19.1. The lowest BCUT2D eigenvalue weighted by Crippen LogP contribution is -2.39. The molecule has 1 aliphatic rings. The molecule has 0 aliphatic carbocycles. The Morgan fingerprint density at radius 1 is 1.11 bits per heavy atom. The van der Waals surface area contributed by atoms with Gasteiger partial charge in [0.15, 0.2) is 0 Å². The molecule has 0 atom stereocenters. The molecule has 2 aromatic carbocycles. The Labute approximate surface area is 221 Å². The van der Waals surface area contributed by atoms with Crippen LogP contribution in [-0.2, 0) is 16.8 Å². The lowest BCUT2D eigenvalue weighted by atomic mass is 9.84. The van der Waals surface area contributed by atoms with Crippen LogP contribution in [0.1, 0.15) is 74.9 Å². The Morgan fingerprint density at radius 3 is 2.59 bits per heavy atom. The SMILES string of the molecule is CC(C)CCN1CC(=O)NCCCCCOc2cccc(C(=O)NCC(C)(C)c3ccc(F)cc3)c2C1. The first-order chi connectivity index (χ1) is 17.7. The summed E-state index contributed by atoms with van der Waals surface area (Å²) in [4.78, 5) is 28.2. The number of amides is 2. The van der Waals surface area contributed by atoms with Crippen LogP contribution >= 0.6 is 0 Å². The van der Waals surface area contributed by atoms with Gasteiger partial charge in [0.2, 0.25) is 5.91 Å². The fraction of sp³-hybridized carbons (Fsp3) is 0.533. The number of carbonyl (C=O) groups is 2. The molecule has 2 amide bonds. The highest BCUT2D eigenvalue weighted by Crippen LogP contribution is 2.27. The van der Waals surface area contributed by atoms with Gasteiger partial charge in [-0.3, -0.25) is 14.5 Å². The molecular formula is C30H42FN3O3. The molecule has 0 saturated carbocycles. The van der Waals surface area contributed by atoms with E-state index in [4.69, 9.17) is 4.74 Å². The maximum absolute atomic E-state index is 13.5. The number of rotatable bonds is 7. The number of carbonyl (C=O) groups excluding carboxylic acids is 2. The van der Waals surface area contributed by atoms with Crippen molar-refractivity contribution in [2.45, 2.75) is 65.3 Å². The second-order valence-electron chi connectivity index (χ2n) is 11.0. The van der Waals surface area contributed by atoms with Crippen molar-refractivity contribution in [3.63, 3.8) is 0 Å². The van der Waals surface area contributed by atoms with Crippen LogP contribution in [0, 0.1) is 11.7 Å². The number of hydrogen-bond acceptors (Lipinski definition) is 4. The van der Waals surface area contributed by atoms with Gasteiger partial charge in [0.25, 0.3) is 5.91 Å². The summed E-state index contributed by atoms with van der Waals surface area (Å²) >= 11 is 0. The first kappa shape index (κ1) is 28.6. The summed E-state index contributed by atoms with van der Waals surface area (Å²) in [5.41, 5.74) is 1.92. The molecule has 0 saturated heterocycles. The normalized spacial score (nSPS) is 16.0. The molecule has 0 fully saturated rings. The zero-order valence-electron chi connectivity index (χ0n) is 22.7. The summed E-state index contributed by atoms with van der Waals surface area (Å²) in [7, 11) is 0. The molecule has 37 heavy (non-hydrogen) atoms. The first-order valence-electron chi connectivity index (χ1n) is 13.4. The molecule has 2 N–H and O–H groups in total. The Bertz CT molecular complexity index is 1040. The van der Waals surface area contributed by atoms with Crippen LogP contribution < -0.4 is 15.4 Å². The third kappa shape index (κ3) is 8.85. The number of halogens is 1. The predicted octanol–water partition coefficient (Wildman–Crippen LogP) is 5.06. The second kappa shape index (κ2) is 13.6. The van der Waals surface area contributed by atoms with Crippen molar-refractivity contribution in [2.75, 3.05) is 32.8 Å². The zero-order chi connectivity index (χ0) is 26.8. The zero-order valence-corrected chi connectivity index (χ0v) is 22.7. The fourth-order valence-electron chi connectivity index (χ4n) is 4.43. The van der Waals surface area contributed by atoms with E-state index in [0.29, 0.717) is 43.5 Å². The molecule has 0 bridgehead atoms. The molecule has 2 aromatic rings. The van der Waals surface area contributed by atoms with Crippen LogP contribution in [0.25, 0.3) is 0 Å². The van der Waals surface area contributed by atoms with Gasteiger partial charge >= 0.3 is 0 Å². The van der Waals surface area contributed by atoms with Crippen molar-refractivity contribution < 1.29 is 18.7 Å². The molecule has 0 spiro atoms. The average molecular weight is 512 g/mol. The molecule has 0 unspecified atom stereocenters. The number of fused-ring (bicyclic) bond motifs is 1. The number of ether oxygens (including phenoxy) is 1. The highest BCUT2D eigenvalue weighted by molar-refractivity contribution is 5.96. The van der Waals surface area contributed by atoms with Crippen molar-refractivity contribution in [3.05, 3.63) is 65.0 Å². The number of benzene rings is 2. The van der Waals surface area contributed by atoms with E-state index in [1.165, 1.54) is 12.1 Å². The monoisotopic (exact) mass is 511 g/mol. The number of nitrogens with zero attached hydrogens (tertiary/aromatic N) is 1. The van der Waals surface area contributed by atoms with Gasteiger partial charge in [-0.1, -0.05) is 45.9 Å². The predicted molar refractivity (Wildman–Crippen MR) is 145 cm³/mol. The van der Waals surface area contributed by atoms with E-state index in [0.717, 1.165) is 43.4 Å². The van der Waals surface area contributed by atoms with Crippen molar-refractivity contribution in [3.8, 4) is 5.75 Å². The Balaban J connectivity index is 1.85. The van der Waals surface area contributed by atoms with Crippen LogP contribution in [0.5, 0.6) is 5.75 Å². The van der Waals surface area contributed by atoms with Crippen LogP contribution in [0.2, 0.25) is 0 Å². The minimum Gasteiger partial charge on any atom is -0.493 e. The summed E-state index contributed by atoms with van der Waals surface area (Å²) in [6, 6.07) is 12.0. The van der Waals surface area contributed by atoms with E-state index in [9.17, 15) is 14.0 Å². The third-order valence-electron chi connectivity index (χ3n) is 6.87. The lowest BCUT2D eigenvalue weighted by molar-refractivity contribution is -0.122. The van der Waals surface area contributed by atoms with Gasteiger partial charge in [0, 0.05) is 36.2 Å². The molecule has 6 nitrogen and oxygen atoms in total. The highest BCUT2D eigenvalue weighted by Gasteiger charge is 2.25. The van der Waals surface area contributed by atoms with Gasteiger partial charge < -0.3 is 15.4 Å². The summed E-state index contributed by atoms with van der Waals surface area (Å²) in [5.74, 6) is 0.730. The maximum atomic E-state index is 13.5. The van der Waals surface area contributed by atoms with E-state index in [2.05, 4.69) is 29.4 Å². The largest absolute Gasteiger partial charge is 0.493 e.